The van der Waals surface area contributed by atoms with Crippen LogP contribution in [0.4, 0.5) is 4.79 Å². The van der Waals surface area contributed by atoms with Gasteiger partial charge >= 0.3 is 12.1 Å². The van der Waals surface area contributed by atoms with E-state index >= 15 is 0 Å². The summed E-state index contributed by atoms with van der Waals surface area (Å²) in [7, 11) is 0. The lowest BCUT2D eigenvalue weighted by Gasteiger charge is -2.27. The molecule has 1 aliphatic rings. The van der Waals surface area contributed by atoms with E-state index in [0.29, 0.717) is 6.42 Å². The quantitative estimate of drug-likeness (QED) is 0.855. The average molecular weight is 335 g/mol. The molecule has 0 unspecified atom stereocenters. The second-order valence-electron chi connectivity index (χ2n) is 7.03. The zero-order valence-electron chi connectivity index (χ0n) is 14.4. The highest BCUT2D eigenvalue weighted by molar-refractivity contribution is 5.82. The van der Waals surface area contributed by atoms with E-state index in [-0.39, 0.29) is 25.7 Å². The van der Waals surface area contributed by atoms with Crippen LogP contribution in [-0.2, 0) is 20.9 Å². The lowest BCUT2D eigenvalue weighted by molar-refractivity contribution is -0.150. The zero-order chi connectivity index (χ0) is 17.7. The molecule has 1 saturated heterocycles. The van der Waals surface area contributed by atoms with Crippen molar-refractivity contribution >= 4 is 12.1 Å². The van der Waals surface area contributed by atoms with Gasteiger partial charge in [-0.25, -0.2) is 9.59 Å². The molecule has 132 valence electrons. The highest BCUT2D eigenvalue weighted by atomic mass is 16.6. The van der Waals surface area contributed by atoms with Crippen molar-refractivity contribution in [3.8, 4) is 0 Å². The summed E-state index contributed by atoms with van der Waals surface area (Å²) in [5, 5.41) is 9.37. The Morgan fingerprint density at radius 1 is 1.25 bits per heavy atom. The second-order valence-corrected chi connectivity index (χ2v) is 7.03. The number of esters is 1. The first-order chi connectivity index (χ1) is 11.3. The van der Waals surface area contributed by atoms with Crippen molar-refractivity contribution in [2.24, 2.45) is 5.92 Å². The normalized spacial score (nSPS) is 20.8. The topological polar surface area (TPSA) is 76.1 Å². The lowest BCUT2D eigenvalue weighted by Crippen LogP contribution is -2.44. The number of carbonyl (C=O) groups excluding carboxylic acids is 2. The van der Waals surface area contributed by atoms with Gasteiger partial charge in [0.15, 0.2) is 0 Å². The SMILES string of the molecule is CC(C)(C)OC(=O)N1C[C@H](CO)C[C@H]1C(=O)OCc1ccccc1. The highest BCUT2D eigenvalue weighted by Gasteiger charge is 2.42. The molecule has 1 fully saturated rings. The van der Waals surface area contributed by atoms with E-state index in [1.165, 1.54) is 4.90 Å². The molecular formula is C18H25NO5. The predicted octanol–water partition coefficient (Wildman–Crippen LogP) is 2.35. The van der Waals surface area contributed by atoms with E-state index in [9.17, 15) is 14.7 Å². The van der Waals surface area contributed by atoms with Gasteiger partial charge < -0.3 is 14.6 Å². The van der Waals surface area contributed by atoms with E-state index in [2.05, 4.69) is 0 Å². The zero-order valence-corrected chi connectivity index (χ0v) is 14.4. The van der Waals surface area contributed by atoms with Gasteiger partial charge in [-0.05, 0) is 32.8 Å². The van der Waals surface area contributed by atoms with Crippen LogP contribution in [0.25, 0.3) is 0 Å². The van der Waals surface area contributed by atoms with Crippen molar-refractivity contribution in [2.75, 3.05) is 13.2 Å². The van der Waals surface area contributed by atoms with Crippen molar-refractivity contribution in [1.29, 1.82) is 0 Å². The summed E-state index contributed by atoms with van der Waals surface area (Å²) in [6.07, 6.45) is -0.177. The minimum Gasteiger partial charge on any atom is -0.459 e. The van der Waals surface area contributed by atoms with Crippen LogP contribution in [0, 0.1) is 5.92 Å². The molecule has 0 radical (unpaired) electrons. The molecule has 1 amide bonds. The molecule has 6 heteroatoms. The fourth-order valence-electron chi connectivity index (χ4n) is 2.63. The molecule has 0 bridgehead atoms. The Morgan fingerprint density at radius 2 is 1.92 bits per heavy atom. The third kappa shape index (κ3) is 4.96. The Kier molecular flexibility index (Phi) is 5.83. The van der Waals surface area contributed by atoms with Gasteiger partial charge in [-0.15, -0.1) is 0 Å². The molecule has 0 aliphatic carbocycles. The van der Waals surface area contributed by atoms with Crippen molar-refractivity contribution in [1.82, 2.24) is 4.90 Å². The van der Waals surface area contributed by atoms with Crippen molar-refractivity contribution in [3.05, 3.63) is 35.9 Å². The number of carbonyl (C=O) groups is 2. The first kappa shape index (κ1) is 18.3. The van der Waals surface area contributed by atoms with Crippen molar-refractivity contribution in [3.63, 3.8) is 0 Å². The first-order valence-electron chi connectivity index (χ1n) is 8.11. The van der Waals surface area contributed by atoms with Gasteiger partial charge in [-0.3, -0.25) is 4.90 Å². The van der Waals surface area contributed by atoms with Crippen LogP contribution in [0.1, 0.15) is 32.8 Å². The lowest BCUT2D eigenvalue weighted by atomic mass is 10.1. The summed E-state index contributed by atoms with van der Waals surface area (Å²) in [6, 6.07) is 8.63. The fraction of sp³-hybridized carbons (Fsp3) is 0.556. The number of hydrogen-bond acceptors (Lipinski definition) is 5. The molecular weight excluding hydrogens is 310 g/mol. The number of aliphatic hydroxyl groups is 1. The van der Waals surface area contributed by atoms with Crippen molar-refractivity contribution in [2.45, 2.75) is 45.4 Å². The molecule has 1 N–H and O–H groups in total. The molecule has 0 aromatic heterocycles. The van der Waals surface area contributed by atoms with Crippen LogP contribution < -0.4 is 0 Å². The summed E-state index contributed by atoms with van der Waals surface area (Å²) in [5.74, 6) is -0.618. The summed E-state index contributed by atoms with van der Waals surface area (Å²) < 4.78 is 10.7. The van der Waals surface area contributed by atoms with Gasteiger partial charge in [0.1, 0.15) is 18.2 Å². The predicted molar refractivity (Wildman–Crippen MR) is 88.2 cm³/mol. The molecule has 1 aliphatic heterocycles. The molecule has 1 aromatic carbocycles. The third-order valence-electron chi connectivity index (χ3n) is 3.77. The first-order valence-corrected chi connectivity index (χ1v) is 8.11. The van der Waals surface area contributed by atoms with E-state index in [1.54, 1.807) is 20.8 Å². The summed E-state index contributed by atoms with van der Waals surface area (Å²) in [4.78, 5) is 26.1. The number of benzene rings is 1. The second kappa shape index (κ2) is 7.66. The van der Waals surface area contributed by atoms with Crippen molar-refractivity contribution < 1.29 is 24.2 Å². The largest absolute Gasteiger partial charge is 0.459 e. The molecule has 6 nitrogen and oxygen atoms in total. The van der Waals surface area contributed by atoms with Gasteiger partial charge in [0.2, 0.25) is 0 Å². The molecule has 24 heavy (non-hydrogen) atoms. The minimum absolute atomic E-state index is 0.0816. The number of likely N-dealkylation sites (tertiary alicyclic amines) is 1. The van der Waals surface area contributed by atoms with E-state index in [4.69, 9.17) is 9.47 Å². The van der Waals surface area contributed by atoms with Crippen LogP contribution in [0.3, 0.4) is 0 Å². The van der Waals surface area contributed by atoms with Crippen LogP contribution in [0.5, 0.6) is 0 Å². The van der Waals surface area contributed by atoms with E-state index in [0.717, 1.165) is 5.56 Å². The number of nitrogens with zero attached hydrogens (tertiary/aromatic N) is 1. The smallest absolute Gasteiger partial charge is 0.411 e. The monoisotopic (exact) mass is 335 g/mol. The Balaban J connectivity index is 2.01. The fourth-order valence-corrected chi connectivity index (χ4v) is 2.63. The number of ether oxygens (including phenoxy) is 2. The number of amides is 1. The summed E-state index contributed by atoms with van der Waals surface area (Å²) in [5.41, 5.74) is 0.235. The Bertz CT molecular complexity index is 567. The molecule has 2 atom stereocenters. The number of aliphatic hydroxyl groups excluding tert-OH is 1. The maximum absolute atomic E-state index is 12.4. The standard InChI is InChI=1S/C18H25NO5/c1-18(2,3)24-17(22)19-10-14(11-20)9-15(19)16(21)23-12-13-7-5-4-6-8-13/h4-8,14-15,20H,9-12H2,1-3H3/t14-,15+/m1/s1. The van der Waals surface area contributed by atoms with Crippen LogP contribution >= 0.6 is 0 Å². The van der Waals surface area contributed by atoms with Gasteiger partial charge in [-0.1, -0.05) is 30.3 Å². The van der Waals surface area contributed by atoms with Gasteiger partial charge in [0, 0.05) is 19.1 Å². The minimum atomic E-state index is -0.722. The van der Waals surface area contributed by atoms with Crippen LogP contribution in [0.2, 0.25) is 0 Å². The van der Waals surface area contributed by atoms with Gasteiger partial charge in [0.25, 0.3) is 0 Å². The highest BCUT2D eigenvalue weighted by Crippen LogP contribution is 2.26. The van der Waals surface area contributed by atoms with Gasteiger partial charge in [0.05, 0.1) is 0 Å². The Labute approximate surface area is 142 Å². The number of hydrogen-bond donors (Lipinski definition) is 1. The van der Waals surface area contributed by atoms with Crippen LogP contribution in [-0.4, -0.2) is 46.9 Å². The Morgan fingerprint density at radius 3 is 2.50 bits per heavy atom. The van der Waals surface area contributed by atoms with Crippen LogP contribution in [0.15, 0.2) is 30.3 Å². The maximum atomic E-state index is 12.4. The van der Waals surface area contributed by atoms with Gasteiger partial charge in [-0.2, -0.15) is 0 Å². The molecule has 2 rings (SSSR count). The molecule has 1 heterocycles. The van der Waals surface area contributed by atoms with E-state index < -0.39 is 23.7 Å². The average Bonchev–Trinajstić information content (AvgIpc) is 2.96. The third-order valence-corrected chi connectivity index (χ3v) is 3.77. The number of rotatable bonds is 4. The summed E-state index contributed by atoms with van der Waals surface area (Å²) in [6.45, 7) is 5.67. The summed E-state index contributed by atoms with van der Waals surface area (Å²) >= 11 is 0. The molecule has 0 saturated carbocycles. The maximum Gasteiger partial charge on any atom is 0.411 e. The van der Waals surface area contributed by atoms with E-state index in [1.807, 2.05) is 30.3 Å². The molecule has 1 aromatic rings. The Hall–Kier alpha value is -2.08. The molecule has 0 spiro atoms.